The van der Waals surface area contributed by atoms with Crippen molar-refractivity contribution in [1.82, 2.24) is 0 Å². The molecule has 0 aromatic carbocycles. The van der Waals surface area contributed by atoms with Gasteiger partial charge in [-0.3, -0.25) is 0 Å². The number of rotatable bonds is 3. The molecule has 0 amide bonds. The van der Waals surface area contributed by atoms with Gasteiger partial charge in [0.1, 0.15) is 0 Å². The summed E-state index contributed by atoms with van der Waals surface area (Å²) in [7, 11) is -3.96. The standard InChI is InChI=1S/C4H8O6S.K.H/c1-4(7,3(5)6)10-11(2,8)9;;/h7H,1-2H3,(H,5,6);;. The first-order valence-electron chi connectivity index (χ1n) is 2.51. The van der Waals surface area contributed by atoms with Crippen LogP contribution in [0.1, 0.15) is 6.92 Å². The number of carbonyl (C=O) groups is 1. The molecule has 0 heterocycles. The molecule has 0 saturated carbocycles. The molecule has 1 atom stereocenters. The van der Waals surface area contributed by atoms with Gasteiger partial charge in [-0.05, 0) is 0 Å². The summed E-state index contributed by atoms with van der Waals surface area (Å²) in [5, 5.41) is 16.9. The summed E-state index contributed by atoms with van der Waals surface area (Å²) in [5.74, 6) is -4.45. The molecule has 0 aromatic heterocycles. The predicted molar refractivity (Wildman–Crippen MR) is 41.3 cm³/mol. The van der Waals surface area contributed by atoms with Gasteiger partial charge in [0.15, 0.2) is 0 Å². The Morgan fingerprint density at radius 1 is 1.50 bits per heavy atom. The van der Waals surface area contributed by atoms with Crippen LogP contribution in [0.4, 0.5) is 0 Å². The normalized spacial score (nSPS) is 15.9. The average molecular weight is 224 g/mol. The van der Waals surface area contributed by atoms with E-state index in [0.717, 1.165) is 6.92 Å². The molecule has 0 fully saturated rings. The molecule has 0 aliphatic heterocycles. The van der Waals surface area contributed by atoms with E-state index >= 15 is 0 Å². The molecular formula is C4H9KO6S. The first-order valence-corrected chi connectivity index (χ1v) is 4.33. The molecule has 0 bridgehead atoms. The van der Waals surface area contributed by atoms with Crippen LogP contribution in [0.5, 0.6) is 0 Å². The molecule has 12 heavy (non-hydrogen) atoms. The Hall–Kier alpha value is 0.976. The molecular weight excluding hydrogens is 215 g/mol. The maximum atomic E-state index is 10.3. The molecule has 0 saturated heterocycles. The molecule has 6 nitrogen and oxygen atoms in total. The monoisotopic (exact) mass is 224 g/mol. The maximum absolute atomic E-state index is 10.3. The van der Waals surface area contributed by atoms with Crippen molar-refractivity contribution >= 4 is 67.5 Å². The van der Waals surface area contributed by atoms with Crippen molar-refractivity contribution < 1.29 is 27.6 Å². The van der Waals surface area contributed by atoms with Crippen LogP contribution < -0.4 is 0 Å². The topological polar surface area (TPSA) is 101 Å². The fourth-order valence-corrected chi connectivity index (χ4v) is 0.991. The summed E-state index contributed by atoms with van der Waals surface area (Å²) < 4.78 is 24.4. The first kappa shape index (κ1) is 15.4. The van der Waals surface area contributed by atoms with Crippen molar-refractivity contribution in [3.8, 4) is 0 Å². The van der Waals surface area contributed by atoms with E-state index in [9.17, 15) is 13.2 Å². The second-order valence-corrected chi connectivity index (χ2v) is 3.65. The average Bonchev–Trinajstić information content (AvgIpc) is 1.56. The van der Waals surface area contributed by atoms with E-state index in [2.05, 4.69) is 4.18 Å². The van der Waals surface area contributed by atoms with Crippen LogP contribution in [-0.4, -0.2) is 88.0 Å². The van der Waals surface area contributed by atoms with Gasteiger partial charge in [-0.25, -0.2) is 8.98 Å². The third kappa shape index (κ3) is 6.49. The van der Waals surface area contributed by atoms with E-state index in [1.54, 1.807) is 0 Å². The van der Waals surface area contributed by atoms with Crippen LogP contribution in [0.3, 0.4) is 0 Å². The van der Waals surface area contributed by atoms with Crippen LogP contribution in [0.2, 0.25) is 0 Å². The Kier molecular flexibility index (Phi) is 6.45. The van der Waals surface area contributed by atoms with Gasteiger partial charge in [-0.1, -0.05) is 0 Å². The Balaban J connectivity index is 0. The zero-order chi connectivity index (χ0) is 9.28. The Morgan fingerprint density at radius 2 is 1.83 bits per heavy atom. The van der Waals surface area contributed by atoms with Gasteiger partial charge in [-0.2, -0.15) is 8.42 Å². The van der Waals surface area contributed by atoms with Gasteiger partial charge in [0, 0.05) is 6.92 Å². The van der Waals surface area contributed by atoms with Gasteiger partial charge in [0.05, 0.1) is 6.26 Å². The predicted octanol–water partition coefficient (Wildman–Crippen LogP) is -1.89. The van der Waals surface area contributed by atoms with Gasteiger partial charge in [0.2, 0.25) is 0 Å². The Labute approximate surface area is 112 Å². The molecule has 0 radical (unpaired) electrons. The second kappa shape index (κ2) is 5.01. The Morgan fingerprint density at radius 3 is 1.92 bits per heavy atom. The van der Waals surface area contributed by atoms with Crippen molar-refractivity contribution in [1.29, 1.82) is 0 Å². The summed E-state index contributed by atoms with van der Waals surface area (Å²) in [5.41, 5.74) is 0. The fraction of sp³-hybridized carbons (Fsp3) is 0.750. The van der Waals surface area contributed by atoms with Gasteiger partial charge in [-0.15, -0.1) is 0 Å². The SMILES string of the molecule is CC(O)(OS(C)(=O)=O)C(=O)O.[KH]. The summed E-state index contributed by atoms with van der Waals surface area (Å²) in [6.45, 7) is 0.719. The molecule has 0 rings (SSSR count). The van der Waals surface area contributed by atoms with Crippen molar-refractivity contribution in [2.24, 2.45) is 0 Å². The number of carboxylic acid groups (broad SMARTS) is 1. The quantitative estimate of drug-likeness (QED) is 0.330. The molecule has 2 N–H and O–H groups in total. The summed E-state index contributed by atoms with van der Waals surface area (Å²) >= 11 is 0. The van der Waals surface area contributed by atoms with Crippen molar-refractivity contribution in [2.75, 3.05) is 6.26 Å². The van der Waals surface area contributed by atoms with Crippen molar-refractivity contribution in [3.63, 3.8) is 0 Å². The van der Waals surface area contributed by atoms with Crippen LogP contribution in [-0.2, 0) is 19.1 Å². The van der Waals surface area contributed by atoms with E-state index in [4.69, 9.17) is 10.2 Å². The fourth-order valence-electron chi connectivity index (χ4n) is 0.330. The van der Waals surface area contributed by atoms with Crippen molar-refractivity contribution in [3.05, 3.63) is 0 Å². The van der Waals surface area contributed by atoms with Crippen LogP contribution >= 0.6 is 0 Å². The zero-order valence-corrected chi connectivity index (χ0v) is 6.75. The Bertz CT molecular complexity index is 255. The summed E-state index contributed by atoms with van der Waals surface area (Å²) in [4.78, 5) is 10.1. The molecule has 0 aliphatic rings. The second-order valence-electron chi connectivity index (χ2n) is 2.08. The molecule has 8 heteroatoms. The van der Waals surface area contributed by atoms with Gasteiger partial charge < -0.3 is 10.2 Å². The number of aliphatic carboxylic acids is 1. The van der Waals surface area contributed by atoms with Crippen molar-refractivity contribution in [2.45, 2.75) is 12.7 Å². The summed E-state index contributed by atoms with van der Waals surface area (Å²) in [6, 6.07) is 0. The first-order chi connectivity index (χ1) is 4.65. The number of hydrogen-bond donors (Lipinski definition) is 2. The van der Waals surface area contributed by atoms with E-state index in [1.165, 1.54) is 0 Å². The van der Waals surface area contributed by atoms with Gasteiger partial charge in [0.25, 0.3) is 15.9 Å². The third-order valence-corrected chi connectivity index (χ3v) is 1.34. The van der Waals surface area contributed by atoms with Crippen LogP contribution in [0, 0.1) is 0 Å². The van der Waals surface area contributed by atoms with Crippen LogP contribution in [0.25, 0.3) is 0 Å². The third-order valence-electron chi connectivity index (χ3n) is 0.710. The number of carboxylic acids is 1. The molecule has 0 aromatic rings. The van der Waals surface area contributed by atoms with E-state index in [0.29, 0.717) is 6.26 Å². The number of hydrogen-bond acceptors (Lipinski definition) is 5. The summed E-state index contributed by atoms with van der Waals surface area (Å²) in [6.07, 6.45) is 0.643. The van der Waals surface area contributed by atoms with E-state index in [-0.39, 0.29) is 51.4 Å². The molecule has 68 valence electrons. The molecule has 1 unspecified atom stereocenters. The van der Waals surface area contributed by atoms with Crippen LogP contribution in [0.15, 0.2) is 0 Å². The zero-order valence-electron chi connectivity index (χ0n) is 5.94. The van der Waals surface area contributed by atoms with E-state index in [1.807, 2.05) is 0 Å². The molecule has 0 spiro atoms. The molecule has 0 aliphatic carbocycles. The van der Waals surface area contributed by atoms with Gasteiger partial charge >= 0.3 is 57.4 Å². The minimum atomic E-state index is -3.96. The van der Waals surface area contributed by atoms with E-state index < -0.39 is 21.9 Å². The number of aliphatic hydroxyl groups is 1. The minimum absolute atomic E-state index is 0.